The molecule has 0 saturated heterocycles. The van der Waals surface area contributed by atoms with Crippen molar-refractivity contribution in [2.75, 3.05) is 7.11 Å². The number of pyridine rings is 2. The molecule has 23 heavy (non-hydrogen) atoms. The molecule has 2 rings (SSSR count). The van der Waals surface area contributed by atoms with Gasteiger partial charge in [-0.05, 0) is 23.8 Å². The van der Waals surface area contributed by atoms with Crippen LogP contribution in [0, 0.1) is 0 Å². The van der Waals surface area contributed by atoms with E-state index in [4.69, 9.17) is 11.6 Å². The largest absolute Gasteiger partial charge is 0.455 e. The topological polar surface area (TPSA) is 51.8 Å². The third kappa shape index (κ3) is 4.82. The lowest BCUT2D eigenvalue weighted by Crippen LogP contribution is -2.28. The Labute approximate surface area is 134 Å². The van der Waals surface area contributed by atoms with Crippen LogP contribution in [0.25, 0.3) is 0 Å². The van der Waals surface area contributed by atoms with Crippen molar-refractivity contribution in [3.05, 3.63) is 58.9 Å². The van der Waals surface area contributed by atoms with Crippen molar-refractivity contribution in [2.45, 2.75) is 12.7 Å². The molecule has 0 radical (unpaired) electrons. The van der Waals surface area contributed by atoms with Gasteiger partial charge >= 0.3 is 6.18 Å². The summed E-state index contributed by atoms with van der Waals surface area (Å²) in [7, 11) is 1.03. The van der Waals surface area contributed by atoms with Gasteiger partial charge in [-0.25, -0.2) is 9.98 Å². The maximum Gasteiger partial charge on any atom is 0.455 e. The van der Waals surface area contributed by atoms with Crippen molar-refractivity contribution in [3.63, 3.8) is 0 Å². The van der Waals surface area contributed by atoms with Gasteiger partial charge in [0.15, 0.2) is 0 Å². The van der Waals surface area contributed by atoms with Gasteiger partial charge < -0.3 is 9.40 Å². The molecule has 0 aliphatic heterocycles. The molecule has 2 aromatic heterocycles. The molecule has 0 aliphatic rings. The Hall–Kier alpha value is -2.35. The van der Waals surface area contributed by atoms with Gasteiger partial charge in [0.1, 0.15) is 17.8 Å². The molecule has 0 bridgehead atoms. The van der Waals surface area contributed by atoms with Crippen LogP contribution in [0.15, 0.2) is 52.9 Å². The van der Waals surface area contributed by atoms with E-state index in [0.717, 1.165) is 12.7 Å². The van der Waals surface area contributed by atoms with Gasteiger partial charge in [0.2, 0.25) is 0 Å². The van der Waals surface area contributed by atoms with E-state index in [9.17, 15) is 13.2 Å². The normalized spacial score (nSPS) is 13.3. The number of rotatable bonds is 3. The van der Waals surface area contributed by atoms with E-state index in [0.29, 0.717) is 5.15 Å². The SMILES string of the molecule is CON=C(N=c1ccccn1Cc1ccc(Cl)nc1)C(F)(F)F. The molecule has 0 fully saturated rings. The van der Waals surface area contributed by atoms with Crippen LogP contribution in [0.5, 0.6) is 0 Å². The second-order valence-corrected chi connectivity index (χ2v) is 4.77. The predicted octanol–water partition coefficient (Wildman–Crippen LogP) is 3.01. The van der Waals surface area contributed by atoms with Crippen molar-refractivity contribution >= 4 is 17.4 Å². The molecule has 0 saturated carbocycles. The molecule has 9 heteroatoms. The van der Waals surface area contributed by atoms with Crippen molar-refractivity contribution in [2.24, 2.45) is 10.1 Å². The number of alkyl halides is 3. The standard InChI is InChI=1S/C14H12ClF3N4O/c1-23-21-13(14(16,17)18)20-12-4-2-3-7-22(12)9-10-5-6-11(15)19-8-10/h2-8H,9H2,1H3. The Morgan fingerprint density at radius 3 is 2.70 bits per heavy atom. The van der Waals surface area contributed by atoms with Crippen LogP contribution in [0.2, 0.25) is 5.15 Å². The van der Waals surface area contributed by atoms with Crippen molar-refractivity contribution in [3.8, 4) is 0 Å². The third-order valence-corrected chi connectivity index (χ3v) is 2.93. The van der Waals surface area contributed by atoms with Crippen LogP contribution in [-0.4, -0.2) is 28.7 Å². The Morgan fingerprint density at radius 1 is 1.30 bits per heavy atom. The van der Waals surface area contributed by atoms with Crippen LogP contribution in [0.3, 0.4) is 0 Å². The minimum Gasteiger partial charge on any atom is -0.397 e. The van der Waals surface area contributed by atoms with Gasteiger partial charge in [0.05, 0.1) is 6.54 Å². The average molecular weight is 345 g/mol. The Balaban J connectivity index is 2.42. The minimum absolute atomic E-state index is 0.0792. The maximum absolute atomic E-state index is 12.9. The summed E-state index contributed by atoms with van der Waals surface area (Å²) >= 11 is 5.71. The molecule has 5 nitrogen and oxygen atoms in total. The molecular weight excluding hydrogens is 333 g/mol. The summed E-state index contributed by atoms with van der Waals surface area (Å²) in [6.45, 7) is 0.280. The monoisotopic (exact) mass is 344 g/mol. The molecule has 0 aliphatic carbocycles. The van der Waals surface area contributed by atoms with Gasteiger partial charge in [-0.3, -0.25) is 0 Å². The molecule has 122 valence electrons. The number of oxime groups is 1. The summed E-state index contributed by atoms with van der Waals surface area (Å²) < 4.78 is 40.1. The van der Waals surface area contributed by atoms with E-state index in [1.165, 1.54) is 10.6 Å². The first kappa shape index (κ1) is 17.0. The molecule has 2 aromatic rings. The van der Waals surface area contributed by atoms with Gasteiger partial charge in [0, 0.05) is 12.4 Å². The second kappa shape index (κ2) is 7.28. The zero-order valence-corrected chi connectivity index (χ0v) is 12.7. The summed E-state index contributed by atoms with van der Waals surface area (Å²) in [5.74, 6) is -1.37. The second-order valence-electron chi connectivity index (χ2n) is 4.38. The van der Waals surface area contributed by atoms with E-state index in [-0.39, 0.29) is 12.0 Å². The van der Waals surface area contributed by atoms with E-state index in [1.54, 1.807) is 36.7 Å². The number of halogens is 4. The predicted molar refractivity (Wildman–Crippen MR) is 78.8 cm³/mol. The van der Waals surface area contributed by atoms with Crippen molar-refractivity contribution in [1.29, 1.82) is 0 Å². The smallest absolute Gasteiger partial charge is 0.397 e. The van der Waals surface area contributed by atoms with Crippen LogP contribution >= 0.6 is 11.6 Å². The molecular formula is C14H12ClF3N4O. The highest BCUT2D eigenvalue weighted by atomic mass is 35.5. The maximum atomic E-state index is 12.9. The Morgan fingerprint density at radius 2 is 2.09 bits per heavy atom. The van der Waals surface area contributed by atoms with Crippen molar-refractivity contribution in [1.82, 2.24) is 9.55 Å². The highest BCUT2D eigenvalue weighted by Crippen LogP contribution is 2.18. The molecule has 2 heterocycles. The van der Waals surface area contributed by atoms with Crippen LogP contribution in [0.4, 0.5) is 13.2 Å². The first-order valence-corrected chi connectivity index (χ1v) is 6.77. The number of nitrogens with zero attached hydrogens (tertiary/aromatic N) is 4. The van der Waals surface area contributed by atoms with E-state index >= 15 is 0 Å². The fourth-order valence-electron chi connectivity index (χ4n) is 1.73. The van der Waals surface area contributed by atoms with Crippen LogP contribution in [-0.2, 0) is 11.4 Å². The number of amidine groups is 1. The quantitative estimate of drug-likeness (QED) is 0.372. The number of hydrogen-bond donors (Lipinski definition) is 0. The molecule has 0 N–H and O–H groups in total. The number of aromatic nitrogens is 2. The number of hydrogen-bond acceptors (Lipinski definition) is 3. The molecule has 0 amide bonds. The van der Waals surface area contributed by atoms with Gasteiger partial charge in [0.25, 0.3) is 5.84 Å². The van der Waals surface area contributed by atoms with Crippen LogP contribution in [0.1, 0.15) is 5.56 Å². The van der Waals surface area contributed by atoms with Crippen molar-refractivity contribution < 1.29 is 18.0 Å². The summed E-state index contributed by atoms with van der Waals surface area (Å²) in [4.78, 5) is 11.7. The lowest BCUT2D eigenvalue weighted by molar-refractivity contribution is -0.0627. The first-order valence-electron chi connectivity index (χ1n) is 6.39. The third-order valence-electron chi connectivity index (χ3n) is 2.71. The first-order chi connectivity index (χ1) is 10.9. The van der Waals surface area contributed by atoms with Gasteiger partial charge in [-0.1, -0.05) is 28.9 Å². The Kier molecular flexibility index (Phi) is 5.38. The molecule has 0 aromatic carbocycles. The lowest BCUT2D eigenvalue weighted by Gasteiger charge is -2.09. The zero-order valence-electron chi connectivity index (χ0n) is 12.0. The van der Waals surface area contributed by atoms with E-state index < -0.39 is 12.0 Å². The molecule has 0 atom stereocenters. The fourth-order valence-corrected chi connectivity index (χ4v) is 1.84. The Bertz CT molecular complexity index is 754. The minimum atomic E-state index is -4.72. The van der Waals surface area contributed by atoms with E-state index in [1.807, 2.05) is 0 Å². The van der Waals surface area contributed by atoms with E-state index in [2.05, 4.69) is 20.0 Å². The molecule has 0 spiro atoms. The zero-order chi connectivity index (χ0) is 16.9. The van der Waals surface area contributed by atoms with Gasteiger partial charge in [-0.15, -0.1) is 0 Å². The highest BCUT2D eigenvalue weighted by Gasteiger charge is 2.37. The summed E-state index contributed by atoms with van der Waals surface area (Å²) in [6.07, 6.45) is -1.57. The fraction of sp³-hybridized carbons (Fsp3) is 0.214. The van der Waals surface area contributed by atoms with Gasteiger partial charge in [-0.2, -0.15) is 13.2 Å². The summed E-state index contributed by atoms with van der Waals surface area (Å²) in [5.41, 5.74) is 0.842. The molecule has 0 unspecified atom stereocenters. The highest BCUT2D eigenvalue weighted by molar-refractivity contribution is 6.29. The average Bonchev–Trinajstić information content (AvgIpc) is 2.50. The van der Waals surface area contributed by atoms with Crippen LogP contribution < -0.4 is 5.49 Å². The summed E-state index contributed by atoms with van der Waals surface area (Å²) in [5, 5.41) is 3.27. The summed E-state index contributed by atoms with van der Waals surface area (Å²) in [6, 6.07) is 8.04. The lowest BCUT2D eigenvalue weighted by atomic mass is 10.3.